The molecule has 1 atom stereocenters. The molecule has 1 aliphatic heterocycles. The van der Waals surface area contributed by atoms with Crippen molar-refractivity contribution in [3.63, 3.8) is 0 Å². The predicted octanol–water partition coefficient (Wildman–Crippen LogP) is 9.32. The Morgan fingerprint density at radius 3 is 2.42 bits per heavy atom. The van der Waals surface area contributed by atoms with E-state index in [4.69, 9.17) is 0 Å². The van der Waals surface area contributed by atoms with E-state index in [0.717, 1.165) is 61.4 Å². The van der Waals surface area contributed by atoms with Gasteiger partial charge in [-0.05, 0) is 47.1 Å². The summed E-state index contributed by atoms with van der Waals surface area (Å²) in [6.45, 7) is 11.6. The molecule has 5 aromatic rings. The average Bonchev–Trinajstić information content (AvgIpc) is 3.47. The molecule has 0 amide bonds. The van der Waals surface area contributed by atoms with Gasteiger partial charge < -0.3 is 0 Å². The van der Waals surface area contributed by atoms with Gasteiger partial charge in [0.25, 0.3) is 0 Å². The first-order valence-corrected chi connectivity index (χ1v) is 17.3. The van der Waals surface area contributed by atoms with Crippen molar-refractivity contribution < 1.29 is 26.7 Å². The van der Waals surface area contributed by atoms with Crippen LogP contribution in [0.3, 0.4) is 0 Å². The topological polar surface area (TPSA) is 25.6 Å². The Morgan fingerprint density at radius 1 is 0.958 bits per heavy atom. The number of aryl methyl sites for hydroxylation is 3. The molecular weight excluding hydrogens is 612 g/mol. The summed E-state index contributed by atoms with van der Waals surface area (Å²) in [5, 5.41) is 6.29. The highest BCUT2D eigenvalue weighted by Gasteiger charge is 2.55. The van der Waals surface area contributed by atoms with E-state index in [0.29, 0.717) is 17.9 Å². The Morgan fingerprint density at radius 2 is 1.73 bits per heavy atom. The highest BCUT2D eigenvalue weighted by atomic mass is 19.4. The van der Waals surface area contributed by atoms with Crippen LogP contribution in [0.1, 0.15) is 101 Å². The van der Waals surface area contributed by atoms with Gasteiger partial charge in [0.05, 0.1) is 16.9 Å². The van der Waals surface area contributed by atoms with E-state index in [1.807, 2.05) is 35.0 Å². The number of alkyl halides is 3. The van der Waals surface area contributed by atoms with Gasteiger partial charge in [0.1, 0.15) is 18.1 Å². The van der Waals surface area contributed by atoms with Crippen LogP contribution in [0.25, 0.3) is 33.4 Å². The van der Waals surface area contributed by atoms with Gasteiger partial charge in [-0.25, -0.2) is 4.39 Å². The first-order chi connectivity index (χ1) is 22.9. The Labute approximate surface area is 280 Å². The molecule has 0 N–H and O–H groups in total. The standard InChI is InChI=1S/C40H44F4N4/c1-7-10-13-25-15-17-29-34-26(25)19-23-48-37(34)35-27(16-18-30(41)36(35)38(29,4)5)28(39(48,8-2)9-3)20-22-47-21-12-11-14-31(47)32-24-33(40(42,43)44)45-46(32)6/h11-12,14-19,21,23-24,28H,7-10,13,20,22H2,1-6H3/q+2. The molecule has 0 spiro atoms. The molecule has 4 nitrogen and oxygen atoms in total. The molecule has 2 aromatic carbocycles. The summed E-state index contributed by atoms with van der Waals surface area (Å²) < 4.78 is 62.8. The van der Waals surface area contributed by atoms with Crippen LogP contribution in [0.5, 0.6) is 0 Å². The van der Waals surface area contributed by atoms with Gasteiger partial charge in [-0.2, -0.15) is 27.4 Å². The summed E-state index contributed by atoms with van der Waals surface area (Å²) in [7, 11) is 1.55. The minimum absolute atomic E-state index is 0.0373. The molecule has 0 saturated carbocycles. The summed E-state index contributed by atoms with van der Waals surface area (Å²) >= 11 is 0. The zero-order valence-corrected chi connectivity index (χ0v) is 28.7. The largest absolute Gasteiger partial charge is 0.435 e. The summed E-state index contributed by atoms with van der Waals surface area (Å²) in [5.41, 5.74) is 5.93. The van der Waals surface area contributed by atoms with Crippen molar-refractivity contribution in [1.82, 2.24) is 9.78 Å². The Bertz CT molecular complexity index is 2050. The van der Waals surface area contributed by atoms with Crippen molar-refractivity contribution >= 4 is 10.8 Å². The van der Waals surface area contributed by atoms with Crippen molar-refractivity contribution in [2.45, 2.75) is 103 Å². The van der Waals surface area contributed by atoms with Crippen LogP contribution in [0, 0.1) is 5.82 Å². The van der Waals surface area contributed by atoms with Crippen LogP contribution in [0.15, 0.2) is 67.0 Å². The summed E-state index contributed by atoms with van der Waals surface area (Å²) in [5.74, 6) is -0.145. The lowest BCUT2D eigenvalue weighted by atomic mass is 9.62. The number of aromatic nitrogens is 4. The molecule has 48 heavy (non-hydrogen) atoms. The molecule has 7 rings (SSSR count). The molecule has 0 fully saturated rings. The lowest BCUT2D eigenvalue weighted by Crippen LogP contribution is -2.63. The van der Waals surface area contributed by atoms with Crippen LogP contribution >= 0.6 is 0 Å². The molecule has 0 bridgehead atoms. The molecular formula is C40H44F4N4+2. The molecule has 8 heteroatoms. The van der Waals surface area contributed by atoms with Gasteiger partial charge in [0, 0.05) is 61.6 Å². The number of halogens is 4. The average molecular weight is 657 g/mol. The first-order valence-electron chi connectivity index (χ1n) is 17.3. The van der Waals surface area contributed by atoms with E-state index >= 15 is 4.39 Å². The van der Waals surface area contributed by atoms with Crippen LogP contribution in [-0.2, 0) is 37.1 Å². The predicted molar refractivity (Wildman–Crippen MR) is 180 cm³/mol. The number of rotatable bonds is 9. The lowest BCUT2D eigenvalue weighted by molar-refractivity contribution is -0.764. The minimum atomic E-state index is -4.53. The fourth-order valence-electron chi connectivity index (χ4n) is 9.04. The Balaban J connectivity index is 1.41. The van der Waals surface area contributed by atoms with E-state index in [1.54, 1.807) is 13.1 Å². The highest BCUT2D eigenvalue weighted by molar-refractivity contribution is 6.02. The third kappa shape index (κ3) is 4.65. The lowest BCUT2D eigenvalue weighted by Gasteiger charge is -2.44. The van der Waals surface area contributed by atoms with E-state index in [9.17, 15) is 13.2 Å². The molecule has 250 valence electrons. The maximum Gasteiger partial charge on any atom is 0.435 e. The quantitative estimate of drug-likeness (QED) is 0.115. The summed E-state index contributed by atoms with van der Waals surface area (Å²) in [6.07, 6.45) is 5.37. The van der Waals surface area contributed by atoms with Crippen LogP contribution in [-0.4, -0.2) is 9.78 Å². The maximum absolute atomic E-state index is 16.2. The summed E-state index contributed by atoms with van der Waals surface area (Å²) in [6, 6.07) is 17.2. The first kappa shape index (κ1) is 32.5. The minimum Gasteiger partial charge on any atom is -0.261 e. The number of unbranched alkanes of at least 4 members (excludes halogenated alkanes) is 1. The van der Waals surface area contributed by atoms with E-state index in [2.05, 4.69) is 68.7 Å². The molecule has 0 saturated heterocycles. The molecule has 1 unspecified atom stereocenters. The molecule has 1 aliphatic carbocycles. The van der Waals surface area contributed by atoms with Gasteiger partial charge in [0.2, 0.25) is 11.4 Å². The van der Waals surface area contributed by atoms with Gasteiger partial charge in [0.15, 0.2) is 23.6 Å². The Kier molecular flexibility index (Phi) is 7.80. The van der Waals surface area contributed by atoms with Crippen molar-refractivity contribution in [1.29, 1.82) is 0 Å². The van der Waals surface area contributed by atoms with E-state index < -0.39 is 17.3 Å². The normalized spacial score (nSPS) is 17.2. The number of benzene rings is 2. The monoisotopic (exact) mass is 656 g/mol. The number of nitrogens with zero attached hydrogens (tertiary/aromatic N) is 4. The third-order valence-electron chi connectivity index (χ3n) is 11.5. The zero-order valence-electron chi connectivity index (χ0n) is 28.7. The SMILES string of the molecule is CCCCc1ccc2c3c4[n+](ccc13)C(CC)(CC)C(CC[n+]1ccccc1-c1cc(C(F)(F)F)nn1C)c1ccc(F)c(c1-4)C2(C)C. The van der Waals surface area contributed by atoms with Crippen molar-refractivity contribution in [3.8, 4) is 22.6 Å². The molecule has 4 heterocycles. The third-order valence-corrected chi connectivity index (χ3v) is 11.5. The highest BCUT2D eigenvalue weighted by Crippen LogP contribution is 2.56. The zero-order chi connectivity index (χ0) is 34.2. The summed E-state index contributed by atoms with van der Waals surface area (Å²) in [4.78, 5) is 0. The van der Waals surface area contributed by atoms with Crippen molar-refractivity contribution in [3.05, 3.63) is 101 Å². The van der Waals surface area contributed by atoms with Gasteiger partial charge in [-0.15, -0.1) is 0 Å². The molecule has 2 aliphatic rings. The van der Waals surface area contributed by atoms with Gasteiger partial charge in [-0.3, -0.25) is 4.68 Å². The number of hydrogen-bond acceptors (Lipinski definition) is 1. The fraction of sp³-hybridized carbons (Fsp3) is 0.425. The van der Waals surface area contributed by atoms with Gasteiger partial charge >= 0.3 is 6.18 Å². The molecule has 0 radical (unpaired) electrons. The van der Waals surface area contributed by atoms with Gasteiger partial charge in [-0.1, -0.05) is 59.2 Å². The fourth-order valence-corrected chi connectivity index (χ4v) is 9.04. The van der Waals surface area contributed by atoms with E-state index in [-0.39, 0.29) is 17.3 Å². The van der Waals surface area contributed by atoms with Crippen molar-refractivity contribution in [2.75, 3.05) is 0 Å². The Hall–Kier alpha value is -4.07. The second-order valence-electron chi connectivity index (χ2n) is 14.2. The second-order valence-corrected chi connectivity index (χ2v) is 14.2. The second kappa shape index (κ2) is 11.5. The van der Waals surface area contributed by atoms with Crippen LogP contribution in [0.4, 0.5) is 17.6 Å². The van der Waals surface area contributed by atoms with Crippen LogP contribution in [0.2, 0.25) is 0 Å². The number of pyridine rings is 2. The smallest absolute Gasteiger partial charge is 0.261 e. The van der Waals surface area contributed by atoms with Crippen LogP contribution < -0.4 is 9.13 Å². The molecule has 3 aromatic heterocycles. The number of hydrogen-bond donors (Lipinski definition) is 0. The van der Waals surface area contributed by atoms with Crippen molar-refractivity contribution in [2.24, 2.45) is 7.05 Å². The maximum atomic E-state index is 16.2. The van der Waals surface area contributed by atoms with E-state index in [1.165, 1.54) is 32.1 Å².